The second-order valence-corrected chi connectivity index (χ2v) is 7.26. The fourth-order valence-corrected chi connectivity index (χ4v) is 3.85. The van der Waals surface area contributed by atoms with Crippen LogP contribution in [-0.2, 0) is 10.0 Å². The Morgan fingerprint density at radius 3 is 2.35 bits per heavy atom. The number of hydrogen-bond donors (Lipinski definition) is 1. The Balaban J connectivity index is 2.97. The van der Waals surface area contributed by atoms with Crippen LogP contribution in [-0.4, -0.2) is 14.3 Å². The topological polar surface area (TPSA) is 46.2 Å². The summed E-state index contributed by atoms with van der Waals surface area (Å²) in [6.45, 7) is 5.63. The van der Waals surface area contributed by atoms with Crippen molar-refractivity contribution in [2.45, 2.75) is 25.7 Å². The van der Waals surface area contributed by atoms with E-state index in [1.54, 1.807) is 24.3 Å². The van der Waals surface area contributed by atoms with Crippen LogP contribution in [0.25, 0.3) is 0 Å². The van der Waals surface area contributed by atoms with Gasteiger partial charge in [0.05, 0.1) is 4.90 Å². The highest BCUT2D eigenvalue weighted by Gasteiger charge is 2.14. The normalized spacial score (nSPS) is 14.6. The largest absolute Gasteiger partial charge is 0.249 e. The van der Waals surface area contributed by atoms with Crippen LogP contribution in [0.1, 0.15) is 19.4 Å². The standard InChI is InChI=1S/C12H17NO2S2/c1-5-11(3)16(4)13-17(14,15)12-8-6-10(2)7-9-12/h5-9,13H,4H2,1-3H3/b11-5-. The van der Waals surface area contributed by atoms with Crippen molar-refractivity contribution in [3.63, 3.8) is 0 Å². The molecule has 94 valence electrons. The van der Waals surface area contributed by atoms with Crippen LogP contribution < -0.4 is 4.13 Å². The van der Waals surface area contributed by atoms with E-state index in [1.807, 2.05) is 26.8 Å². The smallest absolute Gasteiger partial charge is 0.206 e. The Morgan fingerprint density at radius 2 is 1.88 bits per heavy atom. The first-order valence-corrected chi connectivity index (χ1v) is 8.00. The van der Waals surface area contributed by atoms with E-state index in [2.05, 4.69) is 10.00 Å². The Kier molecular flexibility index (Phi) is 4.68. The first-order chi connectivity index (χ1) is 7.86. The monoisotopic (exact) mass is 271 g/mol. The van der Waals surface area contributed by atoms with Crippen LogP contribution in [0.2, 0.25) is 0 Å². The summed E-state index contributed by atoms with van der Waals surface area (Å²) in [5.74, 6) is 3.81. The molecule has 1 N–H and O–H groups in total. The van der Waals surface area contributed by atoms with Crippen molar-refractivity contribution >= 4 is 26.6 Å². The minimum atomic E-state index is -3.47. The van der Waals surface area contributed by atoms with Crippen molar-refractivity contribution in [1.82, 2.24) is 4.13 Å². The molecule has 0 aliphatic carbocycles. The fourth-order valence-electron chi connectivity index (χ4n) is 1.11. The summed E-state index contributed by atoms with van der Waals surface area (Å²) in [5.41, 5.74) is 1.03. The van der Waals surface area contributed by atoms with Gasteiger partial charge in [-0.15, -0.1) is 0 Å². The summed E-state index contributed by atoms with van der Waals surface area (Å²) in [4.78, 5) is 1.19. The van der Waals surface area contributed by atoms with E-state index in [-0.39, 0.29) is 4.90 Å². The van der Waals surface area contributed by atoms with E-state index in [0.29, 0.717) is 0 Å². The molecule has 17 heavy (non-hydrogen) atoms. The zero-order valence-electron chi connectivity index (χ0n) is 10.2. The SMILES string of the molecule is C=S(NS(=O)(=O)c1ccc(C)cc1)/C(C)=C\C. The highest BCUT2D eigenvalue weighted by Crippen LogP contribution is 2.21. The van der Waals surface area contributed by atoms with Crippen LogP contribution in [0.5, 0.6) is 0 Å². The van der Waals surface area contributed by atoms with Crippen molar-refractivity contribution in [3.8, 4) is 0 Å². The Hall–Kier alpha value is -0.910. The maximum Gasteiger partial charge on any atom is 0.249 e. The summed E-state index contributed by atoms with van der Waals surface area (Å²) in [5, 5.41) is 0. The molecule has 3 nitrogen and oxygen atoms in total. The first-order valence-electron chi connectivity index (χ1n) is 5.13. The maximum absolute atomic E-state index is 12.0. The van der Waals surface area contributed by atoms with Gasteiger partial charge in [-0.25, -0.2) is 8.42 Å². The second kappa shape index (κ2) is 5.62. The molecule has 0 radical (unpaired) electrons. The Morgan fingerprint density at radius 1 is 1.35 bits per heavy atom. The van der Waals surface area contributed by atoms with Crippen LogP contribution in [0.4, 0.5) is 0 Å². The van der Waals surface area contributed by atoms with Gasteiger partial charge in [0.15, 0.2) is 0 Å². The summed E-state index contributed by atoms with van der Waals surface area (Å²) in [7, 11) is -4.19. The third kappa shape index (κ3) is 3.80. The molecule has 0 aliphatic rings. The van der Waals surface area contributed by atoms with Gasteiger partial charge in [-0.05, 0) is 37.8 Å². The molecule has 0 heterocycles. The Bertz CT molecular complexity index is 542. The maximum atomic E-state index is 12.0. The average Bonchev–Trinajstić information content (AvgIpc) is 2.27. The predicted molar refractivity (Wildman–Crippen MR) is 75.6 cm³/mol. The lowest BCUT2D eigenvalue weighted by Gasteiger charge is -2.10. The predicted octanol–water partition coefficient (Wildman–Crippen LogP) is 2.81. The number of nitrogens with one attached hydrogen (secondary N) is 1. The highest BCUT2D eigenvalue weighted by molar-refractivity contribution is 8.22. The van der Waals surface area contributed by atoms with E-state index in [0.717, 1.165) is 10.5 Å². The van der Waals surface area contributed by atoms with Crippen LogP contribution >= 0.6 is 10.7 Å². The molecule has 0 saturated heterocycles. The molecule has 1 atom stereocenters. The third-order valence-electron chi connectivity index (χ3n) is 2.34. The molecular weight excluding hydrogens is 254 g/mol. The van der Waals surface area contributed by atoms with Gasteiger partial charge in [-0.3, -0.25) is 0 Å². The van der Waals surface area contributed by atoms with Crippen molar-refractivity contribution in [2.75, 3.05) is 0 Å². The van der Waals surface area contributed by atoms with Gasteiger partial charge < -0.3 is 0 Å². The number of sulfonamides is 1. The molecule has 1 rings (SSSR count). The lowest BCUT2D eigenvalue weighted by Crippen LogP contribution is -2.18. The third-order valence-corrected chi connectivity index (χ3v) is 5.92. The van der Waals surface area contributed by atoms with Crippen molar-refractivity contribution in [3.05, 3.63) is 40.8 Å². The van der Waals surface area contributed by atoms with E-state index in [9.17, 15) is 8.42 Å². The van der Waals surface area contributed by atoms with Gasteiger partial charge >= 0.3 is 0 Å². The van der Waals surface area contributed by atoms with Crippen LogP contribution in [0.15, 0.2) is 40.1 Å². The van der Waals surface area contributed by atoms with Crippen molar-refractivity contribution in [2.24, 2.45) is 0 Å². The first kappa shape index (κ1) is 14.2. The van der Waals surface area contributed by atoms with Crippen molar-refractivity contribution in [1.29, 1.82) is 0 Å². The number of hydrogen-bond acceptors (Lipinski definition) is 2. The highest BCUT2D eigenvalue weighted by atomic mass is 32.3. The molecule has 0 amide bonds. The van der Waals surface area contributed by atoms with Gasteiger partial charge in [0.25, 0.3) is 0 Å². The summed E-state index contributed by atoms with van der Waals surface area (Å²) in [6.07, 6.45) is 1.85. The molecule has 0 fully saturated rings. The lowest BCUT2D eigenvalue weighted by atomic mass is 10.2. The van der Waals surface area contributed by atoms with Crippen LogP contribution in [0.3, 0.4) is 0 Å². The van der Waals surface area contributed by atoms with Gasteiger partial charge in [-0.1, -0.05) is 40.3 Å². The van der Waals surface area contributed by atoms with E-state index < -0.39 is 20.7 Å². The minimum Gasteiger partial charge on any atom is -0.206 e. The zero-order chi connectivity index (χ0) is 13.1. The molecule has 1 aromatic carbocycles. The van der Waals surface area contributed by atoms with Crippen molar-refractivity contribution < 1.29 is 8.42 Å². The lowest BCUT2D eigenvalue weighted by molar-refractivity contribution is 0.594. The molecule has 1 unspecified atom stereocenters. The summed E-state index contributed by atoms with van der Waals surface area (Å²) >= 11 is 0. The van der Waals surface area contributed by atoms with E-state index >= 15 is 0 Å². The van der Waals surface area contributed by atoms with Gasteiger partial charge in [0, 0.05) is 0 Å². The second-order valence-electron chi connectivity index (χ2n) is 3.69. The average molecular weight is 271 g/mol. The van der Waals surface area contributed by atoms with Gasteiger partial charge in [0.1, 0.15) is 0 Å². The molecule has 5 heteroatoms. The Labute approximate surface area is 106 Å². The molecule has 0 spiro atoms. The molecule has 0 aromatic heterocycles. The summed E-state index contributed by atoms with van der Waals surface area (Å²) < 4.78 is 26.6. The summed E-state index contributed by atoms with van der Waals surface area (Å²) in [6, 6.07) is 6.75. The minimum absolute atomic E-state index is 0.271. The molecule has 0 aliphatic heterocycles. The van der Waals surface area contributed by atoms with E-state index in [4.69, 9.17) is 0 Å². The quantitative estimate of drug-likeness (QED) is 0.856. The molecule has 1 aromatic rings. The van der Waals surface area contributed by atoms with Gasteiger partial charge in [0.2, 0.25) is 10.0 Å². The van der Waals surface area contributed by atoms with Crippen LogP contribution in [0, 0.1) is 6.92 Å². The molecular formula is C12H17NO2S2. The molecule has 0 bridgehead atoms. The number of rotatable bonds is 4. The fraction of sp³-hybridized carbons (Fsp3) is 0.250. The zero-order valence-corrected chi connectivity index (χ0v) is 11.9. The number of allylic oxidation sites excluding steroid dienone is 2. The molecule has 0 saturated carbocycles. The number of aryl methyl sites for hydroxylation is 1. The van der Waals surface area contributed by atoms with Gasteiger partial charge in [-0.2, -0.15) is 4.13 Å². The van der Waals surface area contributed by atoms with E-state index in [1.165, 1.54) is 0 Å². The number of benzene rings is 1.